The third-order valence-electron chi connectivity index (χ3n) is 4.36. The van der Waals surface area contributed by atoms with E-state index in [1.165, 1.54) is 25.2 Å². The SMILES string of the molecule is Brc1ccc(CNC23CN4CN(CN(C4)C2)C3)cc1. The summed E-state index contributed by atoms with van der Waals surface area (Å²) in [4.78, 5) is 7.64. The van der Waals surface area contributed by atoms with E-state index in [0.717, 1.165) is 31.0 Å². The number of hydrogen-bond donors (Lipinski definition) is 1. The molecule has 4 saturated heterocycles. The zero-order chi connectivity index (χ0) is 12.9. The zero-order valence-corrected chi connectivity index (χ0v) is 12.6. The summed E-state index contributed by atoms with van der Waals surface area (Å²) >= 11 is 3.49. The van der Waals surface area contributed by atoms with Crippen LogP contribution in [0.25, 0.3) is 0 Å². The van der Waals surface area contributed by atoms with E-state index >= 15 is 0 Å². The maximum absolute atomic E-state index is 3.82. The number of hydrogen-bond acceptors (Lipinski definition) is 4. The molecule has 4 aliphatic heterocycles. The second kappa shape index (κ2) is 4.53. The van der Waals surface area contributed by atoms with Crippen LogP contribution in [0.4, 0.5) is 0 Å². The van der Waals surface area contributed by atoms with Crippen molar-refractivity contribution in [2.24, 2.45) is 0 Å². The molecule has 0 spiro atoms. The minimum atomic E-state index is 0.266. The fourth-order valence-electron chi connectivity index (χ4n) is 3.78. The van der Waals surface area contributed by atoms with E-state index in [1.807, 2.05) is 0 Å². The quantitative estimate of drug-likeness (QED) is 0.899. The molecule has 4 nitrogen and oxygen atoms in total. The number of benzene rings is 1. The Bertz CT molecular complexity index is 438. The van der Waals surface area contributed by atoms with Gasteiger partial charge in [0, 0.05) is 30.7 Å². The summed E-state index contributed by atoms with van der Waals surface area (Å²) in [5, 5.41) is 3.82. The van der Waals surface area contributed by atoms with Crippen LogP contribution in [0.2, 0.25) is 0 Å². The topological polar surface area (TPSA) is 21.8 Å². The number of nitrogens with one attached hydrogen (secondary N) is 1. The second-order valence-corrected chi connectivity index (χ2v) is 7.09. The lowest BCUT2D eigenvalue weighted by Gasteiger charge is -2.60. The van der Waals surface area contributed by atoms with E-state index in [2.05, 4.69) is 60.2 Å². The van der Waals surface area contributed by atoms with Gasteiger partial charge in [-0.25, -0.2) is 0 Å². The number of halogens is 1. The van der Waals surface area contributed by atoms with E-state index in [0.29, 0.717) is 0 Å². The maximum Gasteiger partial charge on any atom is 0.0571 e. The average Bonchev–Trinajstić information content (AvgIpc) is 2.36. The molecular weight excluding hydrogens is 304 g/mol. The Labute approximate surface area is 122 Å². The normalized spacial score (nSPS) is 39.7. The molecule has 0 aromatic heterocycles. The van der Waals surface area contributed by atoms with Gasteiger partial charge in [0.1, 0.15) is 0 Å². The lowest BCUT2D eigenvalue weighted by molar-refractivity contribution is -0.150. The molecule has 4 bridgehead atoms. The average molecular weight is 323 g/mol. The highest BCUT2D eigenvalue weighted by molar-refractivity contribution is 9.10. The predicted molar refractivity (Wildman–Crippen MR) is 78.4 cm³/mol. The van der Waals surface area contributed by atoms with Gasteiger partial charge in [-0.2, -0.15) is 0 Å². The summed E-state index contributed by atoms with van der Waals surface area (Å²) in [5.74, 6) is 0. The van der Waals surface area contributed by atoms with E-state index in [1.54, 1.807) is 0 Å². The van der Waals surface area contributed by atoms with Crippen LogP contribution in [0.3, 0.4) is 0 Å². The van der Waals surface area contributed by atoms with Gasteiger partial charge in [0.25, 0.3) is 0 Å². The van der Waals surface area contributed by atoms with Crippen molar-refractivity contribution in [2.75, 3.05) is 39.6 Å². The molecule has 0 aliphatic carbocycles. The highest BCUT2D eigenvalue weighted by atomic mass is 79.9. The summed E-state index contributed by atoms with van der Waals surface area (Å²) in [6, 6.07) is 8.62. The lowest BCUT2D eigenvalue weighted by atomic mass is 9.90. The van der Waals surface area contributed by atoms with Crippen LogP contribution in [0.1, 0.15) is 5.56 Å². The van der Waals surface area contributed by atoms with E-state index in [-0.39, 0.29) is 5.54 Å². The van der Waals surface area contributed by atoms with E-state index < -0.39 is 0 Å². The Hall–Kier alpha value is -0.460. The lowest BCUT2D eigenvalue weighted by Crippen LogP contribution is -2.79. The highest BCUT2D eigenvalue weighted by Gasteiger charge is 2.48. The van der Waals surface area contributed by atoms with Gasteiger partial charge in [0.2, 0.25) is 0 Å². The largest absolute Gasteiger partial charge is 0.304 e. The minimum absolute atomic E-state index is 0.266. The van der Waals surface area contributed by atoms with Gasteiger partial charge < -0.3 is 5.32 Å². The molecule has 0 atom stereocenters. The Balaban J connectivity index is 1.46. The van der Waals surface area contributed by atoms with Crippen molar-refractivity contribution in [3.05, 3.63) is 34.3 Å². The first kappa shape index (κ1) is 12.3. The third-order valence-corrected chi connectivity index (χ3v) is 4.89. The van der Waals surface area contributed by atoms with E-state index in [4.69, 9.17) is 0 Å². The molecule has 0 saturated carbocycles. The monoisotopic (exact) mass is 322 g/mol. The van der Waals surface area contributed by atoms with Crippen molar-refractivity contribution in [1.29, 1.82) is 0 Å². The number of nitrogens with zero attached hydrogens (tertiary/aromatic N) is 3. The van der Waals surface area contributed by atoms with Crippen molar-refractivity contribution >= 4 is 15.9 Å². The van der Waals surface area contributed by atoms with Crippen molar-refractivity contribution in [2.45, 2.75) is 12.1 Å². The van der Waals surface area contributed by atoms with Crippen molar-refractivity contribution in [1.82, 2.24) is 20.0 Å². The third kappa shape index (κ3) is 2.34. The van der Waals surface area contributed by atoms with E-state index in [9.17, 15) is 0 Å². The molecule has 1 N–H and O–H groups in total. The molecule has 4 aliphatic rings. The van der Waals surface area contributed by atoms with Crippen LogP contribution < -0.4 is 5.32 Å². The Kier molecular flexibility index (Phi) is 2.93. The number of rotatable bonds is 3. The molecule has 0 radical (unpaired) electrons. The van der Waals surface area contributed by atoms with Gasteiger partial charge in [-0.3, -0.25) is 14.7 Å². The van der Waals surface area contributed by atoms with Gasteiger partial charge in [0.15, 0.2) is 0 Å². The summed E-state index contributed by atoms with van der Waals surface area (Å²) < 4.78 is 1.15. The van der Waals surface area contributed by atoms with Gasteiger partial charge in [-0.05, 0) is 17.7 Å². The molecule has 0 unspecified atom stereocenters. The Morgan fingerprint density at radius 1 is 0.947 bits per heavy atom. The molecule has 5 heteroatoms. The summed E-state index contributed by atoms with van der Waals surface area (Å²) in [7, 11) is 0. The van der Waals surface area contributed by atoms with Crippen LogP contribution >= 0.6 is 15.9 Å². The molecule has 1 aromatic rings. The second-order valence-electron chi connectivity index (χ2n) is 6.17. The van der Waals surface area contributed by atoms with Crippen LogP contribution in [0.15, 0.2) is 28.7 Å². The summed E-state index contributed by atoms with van der Waals surface area (Å²) in [6.07, 6.45) is 0. The molecule has 5 rings (SSSR count). The Morgan fingerprint density at radius 2 is 1.47 bits per heavy atom. The molecule has 4 fully saturated rings. The predicted octanol–water partition coefficient (Wildman–Crippen LogP) is 1.10. The zero-order valence-electron chi connectivity index (χ0n) is 11.0. The standard InChI is InChI=1S/C14H19BrN4/c15-13-3-1-12(2-4-13)5-16-14-6-17-9-18(7-14)11-19(8-14)10-17/h1-4,16H,5-11H2. The fraction of sp³-hybridized carbons (Fsp3) is 0.571. The van der Waals surface area contributed by atoms with Crippen LogP contribution in [-0.2, 0) is 6.54 Å². The van der Waals surface area contributed by atoms with Gasteiger partial charge in [-0.1, -0.05) is 28.1 Å². The summed E-state index contributed by atoms with van der Waals surface area (Å²) in [6.45, 7) is 7.99. The minimum Gasteiger partial charge on any atom is -0.304 e. The van der Waals surface area contributed by atoms with Gasteiger partial charge in [-0.15, -0.1) is 0 Å². The summed E-state index contributed by atoms with van der Waals surface area (Å²) in [5.41, 5.74) is 1.63. The van der Waals surface area contributed by atoms with Crippen molar-refractivity contribution < 1.29 is 0 Å². The smallest absolute Gasteiger partial charge is 0.0571 e. The molecule has 102 valence electrons. The molecule has 0 amide bonds. The first-order chi connectivity index (χ1) is 9.21. The van der Waals surface area contributed by atoms with Crippen LogP contribution in [-0.4, -0.2) is 59.9 Å². The van der Waals surface area contributed by atoms with Crippen molar-refractivity contribution in [3.8, 4) is 0 Å². The Morgan fingerprint density at radius 3 is 2.00 bits per heavy atom. The van der Waals surface area contributed by atoms with Crippen LogP contribution in [0.5, 0.6) is 0 Å². The van der Waals surface area contributed by atoms with Gasteiger partial charge in [0.05, 0.1) is 25.5 Å². The van der Waals surface area contributed by atoms with Crippen LogP contribution in [0, 0.1) is 0 Å². The first-order valence-corrected chi connectivity index (χ1v) is 7.67. The molecule has 4 heterocycles. The van der Waals surface area contributed by atoms with Gasteiger partial charge >= 0.3 is 0 Å². The molecule has 1 aromatic carbocycles. The maximum atomic E-state index is 3.82. The van der Waals surface area contributed by atoms with Crippen molar-refractivity contribution in [3.63, 3.8) is 0 Å². The first-order valence-electron chi connectivity index (χ1n) is 6.87. The molecule has 19 heavy (non-hydrogen) atoms. The highest BCUT2D eigenvalue weighted by Crippen LogP contribution is 2.29. The fourth-order valence-corrected chi connectivity index (χ4v) is 4.04. The molecular formula is C14H19BrN4.